The lowest BCUT2D eigenvalue weighted by atomic mass is 9.96. The van der Waals surface area contributed by atoms with E-state index < -0.39 is 41.8 Å². The number of nitrogens with two attached hydrogens (primary N) is 2. The van der Waals surface area contributed by atoms with Crippen molar-refractivity contribution in [2.75, 3.05) is 0 Å². The number of carbonyl (C=O) groups excluding carboxylic acids is 3. The van der Waals surface area contributed by atoms with Gasteiger partial charge in [-0.25, -0.2) is 4.79 Å². The zero-order valence-corrected chi connectivity index (χ0v) is 17.6. The van der Waals surface area contributed by atoms with Gasteiger partial charge in [0.15, 0.2) is 0 Å². The molecule has 2 rings (SSSR count). The summed E-state index contributed by atoms with van der Waals surface area (Å²) in [6, 6.07) is 4.04. The number of rotatable bonds is 11. The summed E-state index contributed by atoms with van der Waals surface area (Å²) in [5, 5.41) is 15.6. The summed E-state index contributed by atoms with van der Waals surface area (Å²) in [6.45, 7) is 3.58. The maximum atomic E-state index is 12.9. The lowest BCUT2D eigenvalue weighted by molar-refractivity contribution is -0.142. The minimum atomic E-state index is -1.20. The Morgan fingerprint density at radius 3 is 2.42 bits per heavy atom. The first-order chi connectivity index (χ1) is 14.6. The van der Waals surface area contributed by atoms with Crippen molar-refractivity contribution >= 4 is 34.6 Å². The molecular formula is C21H29N5O5. The summed E-state index contributed by atoms with van der Waals surface area (Å²) in [7, 11) is 0. The Morgan fingerprint density at radius 1 is 1.13 bits per heavy atom. The molecule has 4 unspecified atom stereocenters. The number of carboxylic acids is 1. The van der Waals surface area contributed by atoms with Crippen LogP contribution in [0.1, 0.15) is 32.3 Å². The van der Waals surface area contributed by atoms with Gasteiger partial charge in [0.2, 0.25) is 17.7 Å². The van der Waals surface area contributed by atoms with Crippen LogP contribution >= 0.6 is 0 Å². The van der Waals surface area contributed by atoms with Crippen molar-refractivity contribution in [3.8, 4) is 0 Å². The Morgan fingerprint density at radius 2 is 1.81 bits per heavy atom. The molecule has 0 aliphatic carbocycles. The smallest absolute Gasteiger partial charge is 0.326 e. The van der Waals surface area contributed by atoms with E-state index in [9.17, 15) is 24.3 Å². The number of para-hydroxylation sites is 1. The zero-order valence-electron chi connectivity index (χ0n) is 17.6. The summed E-state index contributed by atoms with van der Waals surface area (Å²) in [5.74, 6) is -3.58. The second kappa shape index (κ2) is 10.6. The Labute approximate surface area is 179 Å². The van der Waals surface area contributed by atoms with Crippen LogP contribution in [0, 0.1) is 5.92 Å². The second-order valence-corrected chi connectivity index (χ2v) is 7.61. The fourth-order valence-corrected chi connectivity index (χ4v) is 3.25. The Kier molecular flexibility index (Phi) is 8.14. The minimum Gasteiger partial charge on any atom is -0.480 e. The average molecular weight is 431 g/mol. The van der Waals surface area contributed by atoms with Crippen molar-refractivity contribution in [3.63, 3.8) is 0 Å². The van der Waals surface area contributed by atoms with E-state index in [2.05, 4.69) is 15.6 Å². The van der Waals surface area contributed by atoms with Crippen LogP contribution in [0.15, 0.2) is 30.5 Å². The fraction of sp³-hybridized carbons (Fsp3) is 0.429. The molecule has 0 spiro atoms. The molecule has 10 nitrogen and oxygen atoms in total. The van der Waals surface area contributed by atoms with E-state index in [0.29, 0.717) is 6.42 Å². The van der Waals surface area contributed by atoms with E-state index in [1.54, 1.807) is 13.1 Å². The molecule has 0 radical (unpaired) electrons. The number of carbonyl (C=O) groups is 4. The highest BCUT2D eigenvalue weighted by atomic mass is 16.4. The highest BCUT2D eigenvalue weighted by molar-refractivity contribution is 5.94. The summed E-state index contributed by atoms with van der Waals surface area (Å²) in [4.78, 5) is 51.1. The van der Waals surface area contributed by atoms with Crippen molar-refractivity contribution < 1.29 is 24.3 Å². The molecule has 1 aromatic carbocycles. The van der Waals surface area contributed by atoms with E-state index >= 15 is 0 Å². The maximum absolute atomic E-state index is 12.9. The van der Waals surface area contributed by atoms with E-state index in [1.165, 1.54) is 0 Å². The number of hydrogen-bond acceptors (Lipinski definition) is 5. The molecule has 0 bridgehead atoms. The monoisotopic (exact) mass is 431 g/mol. The van der Waals surface area contributed by atoms with Crippen LogP contribution in [-0.2, 0) is 25.6 Å². The standard InChI is InChI=1S/C21H29N5O5/c1-3-11(2)18(26-19(28)14(22)9-17(23)27)20(29)25-16(21(30)31)8-12-10-24-15-7-5-4-6-13(12)15/h4-7,10-11,14,16,18,24H,3,8-9,22H2,1-2H3,(H2,23,27)(H,25,29)(H,26,28)(H,30,31). The van der Waals surface area contributed by atoms with Crippen molar-refractivity contribution in [1.82, 2.24) is 15.6 Å². The summed E-state index contributed by atoms with van der Waals surface area (Å²) >= 11 is 0. The van der Waals surface area contributed by atoms with E-state index in [-0.39, 0.29) is 18.8 Å². The molecule has 168 valence electrons. The lowest BCUT2D eigenvalue weighted by Crippen LogP contribution is -2.57. The molecule has 0 fully saturated rings. The highest BCUT2D eigenvalue weighted by Gasteiger charge is 2.31. The first-order valence-corrected chi connectivity index (χ1v) is 10.1. The Balaban J connectivity index is 2.15. The first-order valence-electron chi connectivity index (χ1n) is 10.1. The van der Waals surface area contributed by atoms with Crippen molar-refractivity contribution in [3.05, 3.63) is 36.0 Å². The largest absolute Gasteiger partial charge is 0.480 e. The van der Waals surface area contributed by atoms with Crippen molar-refractivity contribution in [2.45, 2.75) is 51.2 Å². The van der Waals surface area contributed by atoms with E-state index in [1.807, 2.05) is 31.2 Å². The highest BCUT2D eigenvalue weighted by Crippen LogP contribution is 2.19. The molecule has 1 heterocycles. The predicted molar refractivity (Wildman–Crippen MR) is 115 cm³/mol. The number of aromatic amines is 1. The van der Waals surface area contributed by atoms with Crippen LogP contribution in [-0.4, -0.2) is 51.9 Å². The number of H-pyrrole nitrogens is 1. The number of hydrogen-bond donors (Lipinski definition) is 6. The molecule has 8 N–H and O–H groups in total. The molecule has 0 saturated carbocycles. The predicted octanol–water partition coefficient (Wildman–Crippen LogP) is 0.0134. The number of amides is 3. The SMILES string of the molecule is CCC(C)C(NC(=O)C(N)CC(N)=O)C(=O)NC(Cc1c[nH]c2ccccc12)C(=O)O. The maximum Gasteiger partial charge on any atom is 0.326 e. The van der Waals surface area contributed by atoms with Gasteiger partial charge in [0.1, 0.15) is 12.1 Å². The number of primary amides is 1. The summed E-state index contributed by atoms with van der Waals surface area (Å²) in [5.41, 5.74) is 12.3. The minimum absolute atomic E-state index is 0.0629. The van der Waals surface area contributed by atoms with Crippen LogP contribution in [0.5, 0.6) is 0 Å². The number of aromatic nitrogens is 1. The average Bonchev–Trinajstić information content (AvgIpc) is 3.13. The lowest BCUT2D eigenvalue weighted by Gasteiger charge is -2.26. The van der Waals surface area contributed by atoms with Gasteiger partial charge in [-0.1, -0.05) is 38.5 Å². The molecule has 0 aliphatic heterocycles. The molecule has 0 saturated heterocycles. The molecule has 1 aromatic heterocycles. The molecule has 31 heavy (non-hydrogen) atoms. The van der Waals surface area contributed by atoms with Gasteiger partial charge in [-0.2, -0.15) is 0 Å². The third-order valence-electron chi connectivity index (χ3n) is 5.26. The quantitative estimate of drug-likeness (QED) is 0.291. The molecule has 0 aliphatic rings. The molecule has 4 atom stereocenters. The van der Waals surface area contributed by atoms with Crippen LogP contribution in [0.4, 0.5) is 0 Å². The van der Waals surface area contributed by atoms with Gasteiger partial charge < -0.3 is 32.2 Å². The number of nitrogens with one attached hydrogen (secondary N) is 3. The van der Waals surface area contributed by atoms with Crippen LogP contribution in [0.2, 0.25) is 0 Å². The van der Waals surface area contributed by atoms with Gasteiger partial charge in [-0.15, -0.1) is 0 Å². The van der Waals surface area contributed by atoms with Gasteiger partial charge in [-0.05, 0) is 17.5 Å². The first kappa shape index (κ1) is 23.9. The Bertz CT molecular complexity index is 957. The summed E-state index contributed by atoms with van der Waals surface area (Å²) < 4.78 is 0. The fourth-order valence-electron chi connectivity index (χ4n) is 3.25. The van der Waals surface area contributed by atoms with Gasteiger partial charge >= 0.3 is 5.97 Å². The number of fused-ring (bicyclic) bond motifs is 1. The topological polar surface area (TPSA) is 180 Å². The van der Waals surface area contributed by atoms with Crippen molar-refractivity contribution in [1.29, 1.82) is 0 Å². The normalized spacial score (nSPS) is 14.9. The third kappa shape index (κ3) is 6.29. The number of aliphatic carboxylic acids is 1. The van der Waals surface area contributed by atoms with Crippen LogP contribution in [0.3, 0.4) is 0 Å². The number of benzene rings is 1. The molecule has 10 heteroatoms. The van der Waals surface area contributed by atoms with Crippen LogP contribution < -0.4 is 22.1 Å². The van der Waals surface area contributed by atoms with Gasteiger partial charge in [0, 0.05) is 23.5 Å². The third-order valence-corrected chi connectivity index (χ3v) is 5.26. The van der Waals surface area contributed by atoms with Gasteiger partial charge in [0.05, 0.1) is 12.5 Å². The molecule has 3 amide bonds. The molecular weight excluding hydrogens is 402 g/mol. The van der Waals surface area contributed by atoms with E-state index in [4.69, 9.17) is 11.5 Å². The second-order valence-electron chi connectivity index (χ2n) is 7.61. The number of carboxylic acid groups (broad SMARTS) is 1. The summed E-state index contributed by atoms with van der Waals surface area (Å²) in [6.07, 6.45) is 1.96. The van der Waals surface area contributed by atoms with E-state index in [0.717, 1.165) is 16.5 Å². The van der Waals surface area contributed by atoms with Crippen molar-refractivity contribution in [2.24, 2.45) is 17.4 Å². The van der Waals surface area contributed by atoms with Crippen LogP contribution in [0.25, 0.3) is 10.9 Å². The van der Waals surface area contributed by atoms with Gasteiger partial charge in [-0.3, -0.25) is 14.4 Å². The molecule has 2 aromatic rings. The zero-order chi connectivity index (χ0) is 23.1. The van der Waals surface area contributed by atoms with Gasteiger partial charge in [0.25, 0.3) is 0 Å². The Hall–Kier alpha value is -3.40.